The van der Waals surface area contributed by atoms with Crippen molar-refractivity contribution in [2.75, 3.05) is 0 Å². The Labute approximate surface area is 198 Å². The Balaban J connectivity index is 1.63. The summed E-state index contributed by atoms with van der Waals surface area (Å²) in [5, 5.41) is 4.05. The first-order chi connectivity index (χ1) is 16.8. The minimum atomic E-state index is -1.54. The van der Waals surface area contributed by atoms with Crippen molar-refractivity contribution in [2.45, 2.75) is 51.4 Å². The van der Waals surface area contributed by atoms with Crippen LogP contribution in [-0.4, -0.2) is 4.98 Å². The predicted molar refractivity (Wildman–Crippen MR) is 139 cm³/mol. The van der Waals surface area contributed by atoms with Crippen molar-refractivity contribution in [2.24, 2.45) is 0 Å². The zero-order valence-electron chi connectivity index (χ0n) is 19.0. The molecule has 5 aromatic rings. The first kappa shape index (κ1) is 20.2. The molecule has 34 heavy (non-hydrogen) atoms. The van der Waals surface area contributed by atoms with Crippen molar-refractivity contribution < 1.29 is 8.39 Å². The van der Waals surface area contributed by atoms with E-state index in [0.29, 0.717) is 10.8 Å². The average Bonchev–Trinajstić information content (AvgIpc) is 3.06. The number of benzene rings is 3. The summed E-state index contributed by atoms with van der Waals surface area (Å²) in [6.07, 6.45) is 9.32. The molecule has 0 saturated carbocycles. The highest BCUT2D eigenvalue weighted by molar-refractivity contribution is 7.45. The van der Waals surface area contributed by atoms with Gasteiger partial charge in [-0.15, -0.1) is 0 Å². The molecule has 0 fully saturated rings. The number of hydrogen-bond acceptors (Lipinski definition) is 3. The second-order valence-electron chi connectivity index (χ2n) is 9.58. The summed E-state index contributed by atoms with van der Waals surface area (Å²) in [6, 6.07) is 18.4. The predicted octanol–water partition coefficient (Wildman–Crippen LogP) is 7.88. The zero-order chi connectivity index (χ0) is 22.6. The maximum Gasteiger partial charge on any atom is 0.270 e. The average molecular weight is 468 g/mol. The highest BCUT2D eigenvalue weighted by Gasteiger charge is 2.22. The van der Waals surface area contributed by atoms with Gasteiger partial charge in [-0.05, 0) is 103 Å². The van der Waals surface area contributed by atoms with Gasteiger partial charge in [0.1, 0.15) is 16.6 Å². The van der Waals surface area contributed by atoms with Gasteiger partial charge in [-0.3, -0.25) is 4.79 Å². The van der Waals surface area contributed by atoms with Crippen molar-refractivity contribution in [3.63, 3.8) is 0 Å². The molecule has 0 aliphatic heterocycles. The highest BCUT2D eigenvalue weighted by atomic mass is 31.1. The van der Waals surface area contributed by atoms with Crippen LogP contribution >= 0.6 is 8.01 Å². The number of fused-ring (bicyclic) bond motifs is 8. The molecule has 2 aliphatic carbocycles. The lowest BCUT2D eigenvalue weighted by Gasteiger charge is -2.20. The summed E-state index contributed by atoms with van der Waals surface area (Å²) in [6.45, 7) is 0. The van der Waals surface area contributed by atoms with E-state index in [1.165, 1.54) is 58.7 Å². The summed E-state index contributed by atoms with van der Waals surface area (Å²) in [4.78, 5) is 15.9. The van der Waals surface area contributed by atoms with Gasteiger partial charge in [0.05, 0.1) is 0 Å². The monoisotopic (exact) mass is 467 g/mol. The van der Waals surface area contributed by atoms with E-state index in [4.69, 9.17) is 8.39 Å². The van der Waals surface area contributed by atoms with Crippen LogP contribution in [0.4, 0.5) is 0 Å². The van der Waals surface area contributed by atoms with E-state index in [2.05, 4.69) is 29.2 Å². The Kier molecular flexibility index (Phi) is 4.70. The van der Waals surface area contributed by atoms with Crippen LogP contribution in [0.1, 0.15) is 47.9 Å². The van der Waals surface area contributed by atoms with Gasteiger partial charge in [0.25, 0.3) is 13.6 Å². The summed E-state index contributed by atoms with van der Waals surface area (Å²) >= 11 is 0. The Hall–Kier alpha value is -3.23. The third-order valence-electron chi connectivity index (χ3n) is 7.54. The molecule has 3 aromatic carbocycles. The van der Waals surface area contributed by atoms with Gasteiger partial charge in [0, 0.05) is 16.2 Å². The second kappa shape index (κ2) is 7.92. The van der Waals surface area contributed by atoms with Crippen LogP contribution in [-0.2, 0) is 25.7 Å². The van der Waals surface area contributed by atoms with Crippen molar-refractivity contribution >= 4 is 40.7 Å². The number of aryl methyl sites for hydroxylation is 4. The number of hydrogen-bond donors (Lipinski definition) is 1. The SMILES string of the molecule is O=c1[nH]c(-p2oc3ccc4c(c3c3c5c(ccc3o2)CCCC5)CCCC4)cc2ccccc12. The van der Waals surface area contributed by atoms with Crippen LogP contribution in [0.5, 0.6) is 0 Å². The number of pyridine rings is 1. The van der Waals surface area contributed by atoms with Crippen molar-refractivity contribution in [1.29, 1.82) is 0 Å². The molecule has 2 aliphatic rings. The number of H-pyrrole nitrogens is 1. The Morgan fingerprint density at radius 1 is 0.706 bits per heavy atom. The molecular formula is C29H26NO3P. The molecule has 0 bridgehead atoms. The van der Waals surface area contributed by atoms with Gasteiger partial charge in [0.2, 0.25) is 0 Å². The largest absolute Gasteiger partial charge is 0.415 e. The first-order valence-corrected chi connectivity index (χ1v) is 13.5. The molecule has 0 radical (unpaired) electrons. The highest BCUT2D eigenvalue weighted by Crippen LogP contribution is 2.45. The molecule has 1 N–H and O–H groups in total. The molecule has 0 spiro atoms. The van der Waals surface area contributed by atoms with E-state index in [1.54, 1.807) is 0 Å². The van der Waals surface area contributed by atoms with Gasteiger partial charge in [-0.2, -0.15) is 0 Å². The minimum Gasteiger partial charge on any atom is -0.415 e. The topological polar surface area (TPSA) is 59.1 Å². The number of aromatic amines is 1. The molecule has 7 rings (SSSR count). The molecule has 2 heterocycles. The quantitative estimate of drug-likeness (QED) is 0.273. The van der Waals surface area contributed by atoms with Crippen LogP contribution < -0.4 is 5.56 Å². The lowest BCUT2D eigenvalue weighted by atomic mass is 9.84. The Morgan fingerprint density at radius 2 is 1.29 bits per heavy atom. The molecule has 0 atom stereocenters. The number of rotatable bonds is 1. The van der Waals surface area contributed by atoms with E-state index in [0.717, 1.165) is 42.2 Å². The standard InChI is InChI=1S/C29H26NO3P/c31-29-23-12-6-3-9-20(23)17-26(30-29)34-32-24-15-13-18-7-1-4-10-21(18)27(24)28-22-11-5-2-8-19(22)14-16-25(28)33-34/h3,6,9,12-17H,1-2,4-5,7-8,10-11H2,(H,30,31). The van der Waals surface area contributed by atoms with Crippen LogP contribution in [0.3, 0.4) is 0 Å². The molecule has 5 heteroatoms. The Morgan fingerprint density at radius 3 is 1.94 bits per heavy atom. The van der Waals surface area contributed by atoms with Crippen LogP contribution in [0.15, 0.2) is 67.8 Å². The van der Waals surface area contributed by atoms with Gasteiger partial charge in [0.15, 0.2) is 0 Å². The van der Waals surface area contributed by atoms with E-state index >= 15 is 0 Å². The van der Waals surface area contributed by atoms with E-state index < -0.39 is 8.01 Å². The smallest absolute Gasteiger partial charge is 0.270 e. The zero-order valence-corrected chi connectivity index (χ0v) is 19.9. The minimum absolute atomic E-state index is 0.108. The first-order valence-electron chi connectivity index (χ1n) is 12.3. The lowest BCUT2D eigenvalue weighted by Crippen LogP contribution is -2.05. The van der Waals surface area contributed by atoms with Crippen molar-refractivity contribution in [3.05, 3.63) is 87.2 Å². The van der Waals surface area contributed by atoms with E-state index in [9.17, 15) is 4.79 Å². The van der Waals surface area contributed by atoms with Crippen LogP contribution in [0.2, 0.25) is 0 Å². The summed E-state index contributed by atoms with van der Waals surface area (Å²) < 4.78 is 13.3. The maximum atomic E-state index is 12.8. The fourth-order valence-corrected chi connectivity index (χ4v) is 7.24. The van der Waals surface area contributed by atoms with E-state index in [-0.39, 0.29) is 5.56 Å². The molecule has 4 nitrogen and oxygen atoms in total. The molecule has 0 saturated heterocycles. The summed E-state index contributed by atoms with van der Waals surface area (Å²) in [7, 11) is -1.54. The summed E-state index contributed by atoms with van der Waals surface area (Å²) in [5.74, 6) is 0. The third-order valence-corrected chi connectivity index (χ3v) is 8.90. The number of nitrogens with one attached hydrogen (secondary N) is 1. The maximum absolute atomic E-state index is 12.8. The van der Waals surface area contributed by atoms with E-state index in [1.807, 2.05) is 30.3 Å². The van der Waals surface area contributed by atoms with Gasteiger partial charge < -0.3 is 13.4 Å². The molecule has 0 unspecified atom stereocenters. The molecule has 2 aromatic heterocycles. The lowest BCUT2D eigenvalue weighted by molar-refractivity contribution is 0.646. The van der Waals surface area contributed by atoms with Crippen LogP contribution in [0.25, 0.3) is 38.1 Å². The Bertz CT molecular complexity index is 1620. The van der Waals surface area contributed by atoms with Gasteiger partial charge in [-0.1, -0.05) is 30.3 Å². The number of aromatic nitrogens is 1. The molecule has 0 amide bonds. The molecule has 170 valence electrons. The van der Waals surface area contributed by atoms with Crippen LogP contribution in [0, 0.1) is 0 Å². The fourth-order valence-electron chi connectivity index (χ4n) is 5.90. The molecular weight excluding hydrogens is 441 g/mol. The van der Waals surface area contributed by atoms with Gasteiger partial charge >= 0.3 is 0 Å². The van der Waals surface area contributed by atoms with Crippen molar-refractivity contribution in [1.82, 2.24) is 4.98 Å². The third kappa shape index (κ3) is 3.16. The normalized spacial score (nSPS) is 15.4. The van der Waals surface area contributed by atoms with Crippen molar-refractivity contribution in [3.8, 4) is 5.44 Å². The second-order valence-corrected chi connectivity index (χ2v) is 10.9. The fraction of sp³-hybridized carbons (Fsp3) is 0.276. The van der Waals surface area contributed by atoms with Gasteiger partial charge in [-0.25, -0.2) is 0 Å². The summed E-state index contributed by atoms with van der Waals surface area (Å²) in [5.41, 5.74) is 8.11.